The van der Waals surface area contributed by atoms with Gasteiger partial charge in [0.15, 0.2) is 16.7 Å². The first-order chi connectivity index (χ1) is 14.5. The van der Waals surface area contributed by atoms with Crippen LogP contribution in [0, 0.1) is 6.92 Å². The zero-order valence-electron chi connectivity index (χ0n) is 17.6. The maximum Gasteiger partial charge on any atom is 0.297 e. The first-order valence-electron chi connectivity index (χ1n) is 9.66. The van der Waals surface area contributed by atoms with Crippen LogP contribution in [0.15, 0.2) is 52.4 Å². The summed E-state index contributed by atoms with van der Waals surface area (Å²) in [6, 6.07) is 13.9. The molecule has 158 valence electrons. The number of benzene rings is 2. The van der Waals surface area contributed by atoms with Gasteiger partial charge >= 0.3 is 0 Å². The van der Waals surface area contributed by atoms with Crippen LogP contribution in [0.25, 0.3) is 0 Å². The van der Waals surface area contributed by atoms with Crippen LogP contribution in [-0.2, 0) is 18.8 Å². The van der Waals surface area contributed by atoms with Crippen molar-refractivity contribution < 1.29 is 9.47 Å². The van der Waals surface area contributed by atoms with E-state index in [-0.39, 0.29) is 11.4 Å². The molecular formula is C22H26N4O3S. The number of aromatic nitrogens is 3. The Morgan fingerprint density at radius 1 is 1.00 bits per heavy atom. The summed E-state index contributed by atoms with van der Waals surface area (Å²) in [6.45, 7) is 5.00. The van der Waals surface area contributed by atoms with Gasteiger partial charge in [0.1, 0.15) is 0 Å². The fourth-order valence-corrected chi connectivity index (χ4v) is 3.85. The van der Waals surface area contributed by atoms with Gasteiger partial charge < -0.3 is 14.8 Å². The maximum atomic E-state index is 12.8. The first kappa shape index (κ1) is 21.7. The van der Waals surface area contributed by atoms with Crippen molar-refractivity contribution in [2.75, 3.05) is 19.5 Å². The van der Waals surface area contributed by atoms with E-state index < -0.39 is 0 Å². The number of thioether (sulfide) groups is 1. The van der Waals surface area contributed by atoms with Crippen LogP contribution >= 0.6 is 11.8 Å². The molecule has 0 saturated carbocycles. The van der Waals surface area contributed by atoms with Gasteiger partial charge in [0.25, 0.3) is 5.56 Å². The van der Waals surface area contributed by atoms with E-state index >= 15 is 0 Å². The van der Waals surface area contributed by atoms with Gasteiger partial charge in [0, 0.05) is 18.8 Å². The molecule has 0 fully saturated rings. The Bertz CT molecular complexity index is 1050. The summed E-state index contributed by atoms with van der Waals surface area (Å²) in [5.41, 5.74) is 3.14. The highest BCUT2D eigenvalue weighted by molar-refractivity contribution is 7.98. The van der Waals surface area contributed by atoms with E-state index in [1.165, 1.54) is 17.3 Å². The molecule has 7 nitrogen and oxygen atoms in total. The highest BCUT2D eigenvalue weighted by atomic mass is 32.2. The molecule has 1 heterocycles. The lowest BCUT2D eigenvalue weighted by Gasteiger charge is -2.12. The van der Waals surface area contributed by atoms with Crippen molar-refractivity contribution in [3.63, 3.8) is 0 Å². The molecule has 1 aromatic heterocycles. The Morgan fingerprint density at radius 2 is 1.70 bits per heavy atom. The number of ether oxygens (including phenoxy) is 2. The average molecular weight is 427 g/mol. The van der Waals surface area contributed by atoms with Crippen LogP contribution in [0.1, 0.15) is 23.6 Å². The number of hydrogen-bond donors (Lipinski definition) is 1. The summed E-state index contributed by atoms with van der Waals surface area (Å²) in [4.78, 5) is 12.8. The second-order valence-corrected chi connectivity index (χ2v) is 7.64. The smallest absolute Gasteiger partial charge is 0.297 e. The summed E-state index contributed by atoms with van der Waals surface area (Å²) < 4.78 is 12.3. The summed E-state index contributed by atoms with van der Waals surface area (Å²) in [7, 11) is 3.22. The zero-order chi connectivity index (χ0) is 21.5. The maximum absolute atomic E-state index is 12.8. The van der Waals surface area contributed by atoms with E-state index in [9.17, 15) is 4.79 Å². The fourth-order valence-electron chi connectivity index (χ4n) is 2.91. The third kappa shape index (κ3) is 5.13. The first-order valence-corrected chi connectivity index (χ1v) is 10.6. The van der Waals surface area contributed by atoms with Crippen molar-refractivity contribution in [1.82, 2.24) is 14.8 Å². The molecule has 0 aliphatic heterocycles. The third-order valence-electron chi connectivity index (χ3n) is 4.63. The summed E-state index contributed by atoms with van der Waals surface area (Å²) >= 11 is 1.46. The van der Waals surface area contributed by atoms with E-state index in [0.717, 1.165) is 11.1 Å². The molecule has 0 spiro atoms. The molecule has 0 saturated heterocycles. The third-order valence-corrected chi connectivity index (χ3v) is 5.66. The Kier molecular flexibility index (Phi) is 7.35. The monoisotopic (exact) mass is 426 g/mol. The number of aryl methyl sites for hydroxylation is 1. The highest BCUT2D eigenvalue weighted by Crippen LogP contribution is 2.30. The van der Waals surface area contributed by atoms with Gasteiger partial charge in [0.05, 0.1) is 14.2 Å². The fraction of sp³-hybridized carbons (Fsp3) is 0.318. The van der Waals surface area contributed by atoms with E-state index in [0.29, 0.717) is 35.5 Å². The minimum atomic E-state index is -0.172. The Hall–Kier alpha value is -3.00. The molecule has 3 aromatic rings. The number of rotatable bonds is 9. The molecule has 1 N–H and O–H groups in total. The summed E-state index contributed by atoms with van der Waals surface area (Å²) in [5.74, 6) is 2.24. The molecule has 2 aromatic carbocycles. The Labute approximate surface area is 180 Å². The molecule has 0 unspecified atom stereocenters. The number of anilines is 1. The molecule has 0 bridgehead atoms. The molecule has 8 heteroatoms. The van der Waals surface area contributed by atoms with E-state index in [1.807, 2.05) is 56.3 Å². The van der Waals surface area contributed by atoms with Crippen molar-refractivity contribution in [2.45, 2.75) is 37.8 Å². The highest BCUT2D eigenvalue weighted by Gasteiger charge is 2.12. The summed E-state index contributed by atoms with van der Waals surface area (Å²) in [6.07, 6.45) is 0. The van der Waals surface area contributed by atoms with E-state index in [4.69, 9.17) is 9.47 Å². The van der Waals surface area contributed by atoms with Crippen LogP contribution < -0.4 is 20.3 Å². The molecule has 30 heavy (non-hydrogen) atoms. The molecule has 0 radical (unpaired) electrons. The van der Waals surface area contributed by atoms with Crippen molar-refractivity contribution in [3.05, 3.63) is 69.5 Å². The second-order valence-electron chi connectivity index (χ2n) is 6.70. The molecule has 0 aliphatic rings. The van der Waals surface area contributed by atoms with Crippen molar-refractivity contribution >= 4 is 17.6 Å². The molecule has 3 rings (SSSR count). The van der Waals surface area contributed by atoms with Crippen molar-refractivity contribution in [3.8, 4) is 11.5 Å². The van der Waals surface area contributed by atoms with Crippen molar-refractivity contribution in [1.29, 1.82) is 0 Å². The molecule has 0 aliphatic carbocycles. The number of methoxy groups -OCH3 is 2. The summed E-state index contributed by atoms with van der Waals surface area (Å²) in [5, 5.41) is 12.1. The standard InChI is InChI=1S/C22H26N4O3S/c1-5-26-21(27)20(23-13-16-8-6-15(2)7-9-16)24-25-22(26)30-14-17-10-11-18(28-3)19(12-17)29-4/h6-12H,5,13-14H2,1-4H3,(H,23,24). The van der Waals surface area contributed by atoms with Crippen LogP contribution in [0.5, 0.6) is 11.5 Å². The SMILES string of the molecule is CCn1c(SCc2ccc(OC)c(OC)c2)nnc(NCc2ccc(C)cc2)c1=O. The lowest BCUT2D eigenvalue weighted by molar-refractivity contribution is 0.354. The van der Waals surface area contributed by atoms with Crippen LogP contribution in [-0.4, -0.2) is 29.0 Å². The van der Waals surface area contributed by atoms with Gasteiger partial charge in [-0.05, 0) is 37.1 Å². The Balaban J connectivity index is 1.72. The molecule has 0 atom stereocenters. The van der Waals surface area contributed by atoms with Gasteiger partial charge in [-0.25, -0.2) is 0 Å². The number of hydrogen-bond acceptors (Lipinski definition) is 7. The molecule has 0 amide bonds. The predicted molar refractivity (Wildman–Crippen MR) is 120 cm³/mol. The Morgan fingerprint density at radius 3 is 2.37 bits per heavy atom. The minimum absolute atomic E-state index is 0.172. The number of nitrogens with one attached hydrogen (secondary N) is 1. The van der Waals surface area contributed by atoms with E-state index in [2.05, 4.69) is 15.5 Å². The van der Waals surface area contributed by atoms with Gasteiger partial charge in [-0.15, -0.1) is 10.2 Å². The van der Waals surface area contributed by atoms with Gasteiger partial charge in [0.2, 0.25) is 5.82 Å². The van der Waals surface area contributed by atoms with Gasteiger partial charge in [-0.3, -0.25) is 9.36 Å². The van der Waals surface area contributed by atoms with Crippen LogP contribution in [0.2, 0.25) is 0 Å². The normalized spacial score (nSPS) is 10.7. The lowest BCUT2D eigenvalue weighted by Crippen LogP contribution is -2.27. The van der Waals surface area contributed by atoms with Crippen molar-refractivity contribution in [2.24, 2.45) is 0 Å². The topological polar surface area (TPSA) is 78.3 Å². The van der Waals surface area contributed by atoms with Gasteiger partial charge in [-0.2, -0.15) is 0 Å². The molecular weight excluding hydrogens is 400 g/mol. The van der Waals surface area contributed by atoms with E-state index in [1.54, 1.807) is 18.8 Å². The predicted octanol–water partition coefficient (Wildman–Crippen LogP) is 3.89. The lowest BCUT2D eigenvalue weighted by atomic mass is 10.1. The number of nitrogens with zero attached hydrogens (tertiary/aromatic N) is 3. The van der Waals surface area contributed by atoms with Crippen LogP contribution in [0.4, 0.5) is 5.82 Å². The van der Waals surface area contributed by atoms with Crippen LogP contribution in [0.3, 0.4) is 0 Å². The zero-order valence-corrected chi connectivity index (χ0v) is 18.5. The van der Waals surface area contributed by atoms with Gasteiger partial charge in [-0.1, -0.05) is 47.7 Å². The average Bonchev–Trinajstić information content (AvgIpc) is 2.77. The quantitative estimate of drug-likeness (QED) is 0.520. The largest absolute Gasteiger partial charge is 0.493 e. The second kappa shape index (κ2) is 10.2. The minimum Gasteiger partial charge on any atom is -0.493 e.